The Morgan fingerprint density at radius 2 is 0.573 bits per heavy atom. The Hall–Kier alpha value is -9.13. The number of aliphatic hydroxyl groups excluding tert-OH is 1. The second-order valence-corrected chi connectivity index (χ2v) is 36.2. The molecule has 15 rings (SSSR count). The maximum atomic E-state index is 14.5. The molecule has 6 fully saturated rings. The molecule has 9 aromatic rings. The number of hydrogen-bond donors (Lipinski definition) is 17. The number of fused-ring (bicyclic) bond motifs is 3. The Morgan fingerprint density at radius 3 is 0.806 bits per heavy atom. The van der Waals surface area contributed by atoms with E-state index in [-0.39, 0.29) is 74.8 Å². The van der Waals surface area contributed by atoms with E-state index in [1.807, 2.05) is 0 Å². The molecule has 0 saturated carbocycles. The summed E-state index contributed by atoms with van der Waals surface area (Å²) in [6.07, 6.45) is -24.9. The number of nitrogen functional groups attached to an aromatic ring is 6. The van der Waals surface area contributed by atoms with Crippen LogP contribution in [0.25, 0.3) is 33.5 Å². The van der Waals surface area contributed by atoms with Crippen molar-refractivity contribution >= 4 is 115 Å². The lowest BCUT2D eigenvalue weighted by Gasteiger charge is -2.26. The first kappa shape index (κ1) is 89.7. The lowest BCUT2D eigenvalue weighted by molar-refractivity contribution is -0.0647. The van der Waals surface area contributed by atoms with Gasteiger partial charge in [0, 0.05) is 57.1 Å². The van der Waals surface area contributed by atoms with E-state index in [0.717, 1.165) is 60.3 Å². The van der Waals surface area contributed by atoms with Crippen LogP contribution < -0.4 is 68.5 Å². The largest absolute Gasteiger partial charge is 0.472 e. The van der Waals surface area contributed by atoms with Gasteiger partial charge in [-0.2, -0.15) is 29.9 Å². The Balaban J connectivity index is 0.637. The van der Waals surface area contributed by atoms with Crippen molar-refractivity contribution in [2.75, 3.05) is 74.0 Å². The van der Waals surface area contributed by atoms with Gasteiger partial charge >= 0.3 is 81.1 Å². The number of nitrogens with two attached hydrogens (primary N) is 6. The molecular formula is C57H74N24O37P6. The predicted molar refractivity (Wildman–Crippen MR) is 405 cm³/mol. The number of phosphoric acid groups is 6. The van der Waals surface area contributed by atoms with Gasteiger partial charge in [-0.3, -0.25) is 92.1 Å². The van der Waals surface area contributed by atoms with Crippen LogP contribution in [-0.4, -0.2) is 239 Å². The van der Waals surface area contributed by atoms with Gasteiger partial charge in [-0.1, -0.05) is 0 Å². The highest BCUT2D eigenvalue weighted by Gasteiger charge is 2.52. The van der Waals surface area contributed by atoms with Crippen LogP contribution in [0.15, 0.2) is 84.5 Å². The zero-order chi connectivity index (χ0) is 88.6. The summed E-state index contributed by atoms with van der Waals surface area (Å²) in [6.45, 7) is -6.33. The second-order valence-electron chi connectivity index (χ2n) is 28.0. The lowest BCUT2D eigenvalue weighted by Crippen LogP contribution is -2.32. The number of nitrogens with zero attached hydrogens (tertiary/aromatic N) is 15. The number of aliphatic hydroxyl groups is 1. The van der Waals surface area contributed by atoms with Crippen molar-refractivity contribution in [3.05, 3.63) is 119 Å². The maximum Gasteiger partial charge on any atom is 0.472 e. The summed E-state index contributed by atoms with van der Waals surface area (Å²) < 4.78 is 185. The van der Waals surface area contributed by atoms with Crippen LogP contribution in [0.3, 0.4) is 0 Å². The maximum absolute atomic E-state index is 14.5. The van der Waals surface area contributed by atoms with Gasteiger partial charge in [0.05, 0.1) is 58.6 Å². The number of H-pyrrole nitrogens is 3. The molecule has 15 heterocycles. The smallest absolute Gasteiger partial charge is 0.394 e. The molecule has 5 unspecified atom stereocenters. The standard InChI is InChI=1S/C57H74N24O37P6/c58-34-1-4-76(55(86)67-34)37-7-22(28(13-82)107-37)114-120(92,93)103-17-32-26(11-41(111-32)80-20-65-44-47(62)71-53(84)74-50(44)80)117-123(98,99)105-16-31-25(10-39(109-31)78-6-3-36(60)69-57(78)88)116-122(96,97)106-18-33-27(12-42(112-33)81-21-66-45-48(63)72-54(85)75-51(45)81)118-124(100,101)104-15-30-24(9-38(108-30)77-5-2-35(59)68-56(77)87)115-121(94,95)102-14-29-23(113-119(89,90)91)8-40(110-29)79-19-64-43-46(61)70-52(83)73-49(43)79/h1-6,19-33,37-42,82H,7-18H2,(H,92,93)(H,94,95)(H,96,97)(H,98,99)(H,100,101)(H2,58,67,86)(H2,59,68,87)(H2,60,69,88)(H2,89,90,91)(H3,61,70,73,83)(H3,62,71,74,84)(H3,63,72,75,85)/t22-,23-,24-,25-,26-,27-,28+,29+,30+,31+,32+,33+,37+,38+,39+,40+,41+,42+/m0/s1. The summed E-state index contributed by atoms with van der Waals surface area (Å²) >= 11 is 0. The SMILES string of the molecule is Nc1ccn([C@H]2C[C@H](OP(=O)(O)OC[C@H]3O[C@@H](n4cnc5c(N)[nH]c(=O)nc54)C[C@@H]3OP(=O)(O)OC[C@H]3O[C@@H](n4ccc(N)nc4=O)C[C@@H]3OP(=O)(O)OC[C@H]3O[C@@H](n4cnc5c(N)[nH]c(=O)nc54)C[C@@H]3OP(=O)(O)OC[C@H]3O[C@@H](n4ccc(N)nc4=O)C[C@@H]3OP(=O)(O)OC[C@H]3O[C@@H](n4cnc5c(N)[nH]c(=O)nc54)C[C@@H]3OP(=O)(O)O)[C@@H](CO)O2)c(=O)n1. The number of hydrogen-bond acceptors (Lipinski definition) is 45. The number of aromatic amines is 3. The van der Waals surface area contributed by atoms with Crippen LogP contribution >= 0.6 is 46.9 Å². The van der Waals surface area contributed by atoms with Crippen molar-refractivity contribution in [2.45, 2.75) is 149 Å². The van der Waals surface area contributed by atoms with Crippen molar-refractivity contribution < 1.29 is 145 Å². The van der Waals surface area contributed by atoms with E-state index < -0.39 is 263 Å². The number of nitrogens with one attached hydrogen (secondary N) is 3. The summed E-state index contributed by atoms with van der Waals surface area (Å²) in [4.78, 5) is 195. The molecule has 124 heavy (non-hydrogen) atoms. The third-order valence-electron chi connectivity index (χ3n) is 19.7. The minimum Gasteiger partial charge on any atom is -0.394 e. The van der Waals surface area contributed by atoms with Crippen molar-refractivity contribution in [2.24, 2.45) is 0 Å². The highest BCUT2D eigenvalue weighted by Crippen LogP contribution is 2.57. The monoisotopic (exact) mass is 1870 g/mol. The van der Waals surface area contributed by atoms with E-state index in [2.05, 4.69) is 59.8 Å². The van der Waals surface area contributed by atoms with Crippen LogP contribution in [0.1, 0.15) is 75.9 Å². The highest BCUT2D eigenvalue weighted by molar-refractivity contribution is 7.48. The molecule has 0 amide bonds. The highest BCUT2D eigenvalue weighted by atomic mass is 31.2. The van der Waals surface area contributed by atoms with Gasteiger partial charge < -0.3 is 102 Å². The van der Waals surface area contributed by atoms with Gasteiger partial charge in [-0.05, 0) is 18.2 Å². The molecule has 0 aliphatic carbocycles. The third kappa shape index (κ3) is 20.4. The number of imidazole rings is 3. The number of rotatable bonds is 34. The fourth-order valence-corrected chi connectivity index (χ4v) is 19.6. The minimum atomic E-state index is -5.69. The number of aromatic nitrogens is 18. The van der Waals surface area contributed by atoms with Gasteiger partial charge in [-0.25, -0.2) is 71.1 Å². The molecule has 674 valence electrons. The summed E-state index contributed by atoms with van der Waals surface area (Å²) in [6, 6.07) is 3.60. The topological polar surface area (TPSA) is 873 Å². The molecule has 0 bridgehead atoms. The van der Waals surface area contributed by atoms with E-state index in [0.29, 0.717) is 0 Å². The van der Waals surface area contributed by atoms with Gasteiger partial charge in [-0.15, -0.1) is 0 Å². The molecule has 23 N–H and O–H groups in total. The van der Waals surface area contributed by atoms with Crippen molar-refractivity contribution in [1.29, 1.82) is 0 Å². The van der Waals surface area contributed by atoms with Crippen LogP contribution in [-0.2, 0) is 106 Å². The normalized spacial score (nSPS) is 29.2. The zero-order valence-electron chi connectivity index (χ0n) is 62.8. The van der Waals surface area contributed by atoms with Gasteiger partial charge in [0.25, 0.3) is 0 Å². The first-order chi connectivity index (χ1) is 58.5. The Labute approximate surface area is 686 Å². The molecule has 9 aromatic heterocycles. The number of ether oxygens (including phenoxy) is 6. The summed E-state index contributed by atoms with van der Waals surface area (Å²) in [5.74, 6) is -1.34. The van der Waals surface area contributed by atoms with Gasteiger partial charge in [0.15, 0.2) is 16.9 Å². The molecule has 6 aliphatic rings. The first-order valence-corrected chi connectivity index (χ1v) is 45.3. The molecule has 67 heteroatoms. The zero-order valence-corrected chi connectivity index (χ0v) is 68.2. The first-order valence-electron chi connectivity index (χ1n) is 36.2. The van der Waals surface area contributed by atoms with E-state index in [4.69, 9.17) is 113 Å². The van der Waals surface area contributed by atoms with Crippen molar-refractivity contribution in [3.8, 4) is 0 Å². The summed E-state index contributed by atoms with van der Waals surface area (Å²) in [5, 5.41) is 10.1. The summed E-state index contributed by atoms with van der Waals surface area (Å²) in [5.41, 5.74) is 28.5. The quantitative estimate of drug-likeness (QED) is 0.0173. The minimum absolute atomic E-state index is 0.00653. The molecular weight excluding hydrogens is 1800 g/mol. The third-order valence-corrected chi connectivity index (χ3v) is 25.3. The van der Waals surface area contributed by atoms with Gasteiger partial charge in [0.2, 0.25) is 0 Å². The van der Waals surface area contributed by atoms with E-state index in [1.54, 1.807) is 0 Å². The average Bonchev–Trinajstić information content (AvgIpc) is 1.64. The van der Waals surface area contributed by atoms with Gasteiger partial charge in [0.1, 0.15) is 162 Å². The fraction of sp³-hybridized carbons (Fsp3) is 0.526. The second kappa shape index (κ2) is 35.2. The van der Waals surface area contributed by atoms with Crippen LogP contribution in [0.4, 0.5) is 34.9 Å². The molecule has 6 saturated heterocycles. The average molecular weight is 1870 g/mol. The van der Waals surface area contributed by atoms with Crippen LogP contribution in [0.2, 0.25) is 0 Å². The Morgan fingerprint density at radius 1 is 0.347 bits per heavy atom. The molecule has 61 nitrogen and oxygen atoms in total. The lowest BCUT2D eigenvalue weighted by atomic mass is 10.2. The molecule has 0 radical (unpaired) electrons. The Bertz CT molecular complexity index is 6230. The van der Waals surface area contributed by atoms with E-state index in [9.17, 15) is 95.5 Å². The molecule has 6 aliphatic heterocycles. The Kier molecular flexibility index (Phi) is 25.5. The van der Waals surface area contributed by atoms with Crippen molar-refractivity contribution in [3.63, 3.8) is 0 Å². The molecule has 0 spiro atoms. The number of phosphoric ester groups is 6. The van der Waals surface area contributed by atoms with Crippen LogP contribution in [0.5, 0.6) is 0 Å². The van der Waals surface area contributed by atoms with Crippen molar-refractivity contribution in [1.82, 2.24) is 87.2 Å². The molecule has 23 atom stereocenters. The number of anilines is 6. The van der Waals surface area contributed by atoms with E-state index >= 15 is 0 Å². The fourth-order valence-electron chi connectivity index (χ4n) is 14.3. The van der Waals surface area contributed by atoms with E-state index in [1.165, 1.54) is 22.9 Å². The molecule has 0 aromatic carbocycles. The van der Waals surface area contributed by atoms with Crippen LogP contribution in [0, 0.1) is 0 Å². The summed E-state index contributed by atoms with van der Waals surface area (Å²) in [7, 11) is -33.2. The predicted octanol–water partition coefficient (Wildman–Crippen LogP) is -3.64.